The standard InChI is InChI=1S/C15H26NSi.2CH3.Al/c1-11(2)13-9-8-10-14(12(3)4)15(13)16-17(5,6)7;;;/h8-12H,1-7H3;2*1H3;/q-1;;;+1. The molecule has 1 aromatic rings. The average molecular weight is 306 g/mol. The third-order valence-electron chi connectivity index (χ3n) is 3.82. The van der Waals surface area contributed by atoms with Gasteiger partial charge in [0.25, 0.3) is 0 Å². The van der Waals surface area contributed by atoms with Gasteiger partial charge in [-0.3, -0.25) is 0 Å². The number of anilines is 1. The number of para-hydroxylation sites is 1. The third kappa shape index (κ3) is 3.91. The first kappa shape index (κ1) is 17.8. The lowest BCUT2D eigenvalue weighted by Crippen LogP contribution is -2.53. The minimum atomic E-state index is -1.35. The fourth-order valence-corrected chi connectivity index (χ4v) is 11.1. The van der Waals surface area contributed by atoms with Gasteiger partial charge < -0.3 is 3.55 Å². The molecule has 0 heterocycles. The van der Waals surface area contributed by atoms with E-state index < -0.39 is 22.6 Å². The summed E-state index contributed by atoms with van der Waals surface area (Å²) in [5, 5.41) is 0. The SMILES string of the molecule is CC(C)c1cccc(C(C)C)c1[N]([Al]([CH3])[CH3])[Si](C)(C)C. The Bertz CT molecular complexity index is 421. The van der Waals surface area contributed by atoms with E-state index in [1.807, 2.05) is 0 Å². The zero-order valence-corrected chi connectivity index (χ0v) is 17.1. The van der Waals surface area contributed by atoms with E-state index in [4.69, 9.17) is 0 Å². The first-order valence-electron chi connectivity index (χ1n) is 7.99. The lowest BCUT2D eigenvalue weighted by atomic mass is 9.93. The van der Waals surface area contributed by atoms with Crippen molar-refractivity contribution in [2.45, 2.75) is 70.7 Å². The Morgan fingerprint density at radius 3 is 1.55 bits per heavy atom. The van der Waals surface area contributed by atoms with Crippen LogP contribution in [0.15, 0.2) is 18.2 Å². The molecule has 0 aromatic heterocycles. The quantitative estimate of drug-likeness (QED) is 0.619. The average Bonchev–Trinajstić information content (AvgIpc) is 2.25. The van der Waals surface area contributed by atoms with Gasteiger partial charge in [-0.25, -0.2) is 0 Å². The molecule has 0 N–H and O–H groups in total. The summed E-state index contributed by atoms with van der Waals surface area (Å²) < 4.78 is 2.87. The molecule has 1 nitrogen and oxygen atoms in total. The lowest BCUT2D eigenvalue weighted by molar-refractivity contribution is 0.834. The molecule has 0 fully saturated rings. The van der Waals surface area contributed by atoms with Crippen molar-refractivity contribution < 1.29 is 0 Å². The zero-order valence-electron chi connectivity index (χ0n) is 14.9. The van der Waals surface area contributed by atoms with Crippen LogP contribution in [0.25, 0.3) is 0 Å². The predicted molar refractivity (Wildman–Crippen MR) is 97.9 cm³/mol. The highest BCUT2D eigenvalue weighted by molar-refractivity contribution is 6.92. The molecule has 0 unspecified atom stereocenters. The van der Waals surface area contributed by atoms with E-state index in [1.165, 1.54) is 0 Å². The Morgan fingerprint density at radius 2 is 1.30 bits per heavy atom. The molecule has 0 amide bonds. The van der Waals surface area contributed by atoms with Crippen molar-refractivity contribution in [2.24, 2.45) is 0 Å². The molecule has 0 saturated heterocycles. The normalized spacial score (nSPS) is 12.2. The lowest BCUT2D eigenvalue weighted by Gasteiger charge is -2.43. The third-order valence-corrected chi connectivity index (χ3v) is 10.7. The summed E-state index contributed by atoms with van der Waals surface area (Å²) in [4.78, 5) is 0. The van der Waals surface area contributed by atoms with Gasteiger partial charge in [0, 0.05) is 5.69 Å². The van der Waals surface area contributed by atoms with Gasteiger partial charge in [0.2, 0.25) is 0 Å². The Kier molecular flexibility index (Phi) is 5.96. The number of rotatable bonds is 5. The van der Waals surface area contributed by atoms with Crippen molar-refractivity contribution in [1.82, 2.24) is 0 Å². The molecule has 0 aliphatic carbocycles. The van der Waals surface area contributed by atoms with Crippen LogP contribution in [0.5, 0.6) is 0 Å². The van der Waals surface area contributed by atoms with Crippen LogP contribution in [0.1, 0.15) is 50.7 Å². The topological polar surface area (TPSA) is 3.24 Å². The van der Waals surface area contributed by atoms with Gasteiger partial charge in [0.05, 0.1) is 0 Å². The molecule has 0 bridgehead atoms. The van der Waals surface area contributed by atoms with Gasteiger partial charge in [-0.2, -0.15) is 0 Å². The molecule has 20 heavy (non-hydrogen) atoms. The Labute approximate surface area is 132 Å². The van der Waals surface area contributed by atoms with Crippen molar-refractivity contribution in [2.75, 3.05) is 3.55 Å². The van der Waals surface area contributed by atoms with Crippen LogP contribution in [0.3, 0.4) is 0 Å². The molecule has 0 radical (unpaired) electrons. The van der Waals surface area contributed by atoms with E-state index in [-0.39, 0.29) is 0 Å². The minimum absolute atomic E-state index is 0.593. The number of nitrogens with zero attached hydrogens (tertiary/aromatic N) is 1. The van der Waals surface area contributed by atoms with Crippen molar-refractivity contribution in [3.8, 4) is 0 Å². The smallest absolute Gasteiger partial charge is 0.398 e. The number of hydrogen-bond acceptors (Lipinski definition) is 1. The summed E-state index contributed by atoms with van der Waals surface area (Å²) >= 11 is -0.881. The highest BCUT2D eigenvalue weighted by atomic mass is 28.3. The van der Waals surface area contributed by atoms with Crippen molar-refractivity contribution in [3.63, 3.8) is 0 Å². The van der Waals surface area contributed by atoms with Crippen LogP contribution < -0.4 is 3.55 Å². The van der Waals surface area contributed by atoms with Crippen LogP contribution in [0.4, 0.5) is 5.69 Å². The summed E-state index contributed by atoms with van der Waals surface area (Å²) in [6, 6.07) is 6.93. The molecule has 0 atom stereocenters. The van der Waals surface area contributed by atoms with E-state index in [0.29, 0.717) is 11.8 Å². The second kappa shape index (κ2) is 6.69. The summed E-state index contributed by atoms with van der Waals surface area (Å²) in [5.41, 5.74) is 4.66. The van der Waals surface area contributed by atoms with Crippen LogP contribution in [-0.4, -0.2) is 22.6 Å². The first-order chi connectivity index (χ1) is 9.07. The molecular weight excluding hydrogens is 273 g/mol. The predicted octanol–water partition coefficient (Wildman–Crippen LogP) is 5.83. The van der Waals surface area contributed by atoms with Gasteiger partial charge in [-0.1, -0.05) is 77.1 Å². The van der Waals surface area contributed by atoms with Gasteiger partial charge in [0.15, 0.2) is 0 Å². The maximum Gasteiger partial charge on any atom is 0.398 e. The van der Waals surface area contributed by atoms with E-state index in [9.17, 15) is 0 Å². The second-order valence-electron chi connectivity index (χ2n) is 7.73. The Hall–Kier alpha value is -0.231. The van der Waals surface area contributed by atoms with Crippen LogP contribution in [-0.2, 0) is 0 Å². The minimum Gasteiger partial charge on any atom is -0.491 e. The first-order valence-corrected chi connectivity index (χ1v) is 14.3. The van der Waals surface area contributed by atoms with Crippen molar-refractivity contribution >= 4 is 28.3 Å². The summed E-state index contributed by atoms with van der Waals surface area (Å²) in [6.45, 7) is 16.8. The van der Waals surface area contributed by atoms with Crippen molar-refractivity contribution in [1.29, 1.82) is 0 Å². The van der Waals surface area contributed by atoms with Crippen molar-refractivity contribution in [3.05, 3.63) is 29.3 Å². The Balaban J connectivity index is 3.60. The maximum atomic E-state index is 2.87. The molecule has 0 aliphatic rings. The molecular formula is C17H32AlNSi. The number of benzene rings is 1. The Morgan fingerprint density at radius 1 is 0.900 bits per heavy atom. The van der Waals surface area contributed by atoms with E-state index in [1.54, 1.807) is 16.8 Å². The molecule has 0 saturated carbocycles. The van der Waals surface area contributed by atoms with Gasteiger partial charge in [-0.05, 0) is 23.0 Å². The molecule has 3 heteroatoms. The number of hydrogen-bond donors (Lipinski definition) is 0. The molecule has 1 rings (SSSR count). The summed E-state index contributed by atoms with van der Waals surface area (Å²) in [5.74, 6) is 6.13. The molecule has 0 aliphatic heterocycles. The fraction of sp³-hybridized carbons (Fsp3) is 0.647. The monoisotopic (exact) mass is 305 g/mol. The van der Waals surface area contributed by atoms with Crippen LogP contribution in [0, 0.1) is 0 Å². The second-order valence-corrected chi connectivity index (χ2v) is 15.8. The molecule has 0 spiro atoms. The molecule has 112 valence electrons. The van der Waals surface area contributed by atoms with Gasteiger partial charge in [-0.15, -0.1) is 0 Å². The zero-order chi connectivity index (χ0) is 15.7. The summed E-state index contributed by atoms with van der Waals surface area (Å²) in [7, 11) is -1.35. The van der Waals surface area contributed by atoms with E-state index in [0.717, 1.165) is 0 Å². The maximum absolute atomic E-state index is 2.87. The highest BCUT2D eigenvalue weighted by Crippen LogP contribution is 2.38. The van der Waals surface area contributed by atoms with Crippen LogP contribution >= 0.6 is 0 Å². The van der Waals surface area contributed by atoms with E-state index >= 15 is 0 Å². The van der Waals surface area contributed by atoms with Gasteiger partial charge >= 0.3 is 14.4 Å². The highest BCUT2D eigenvalue weighted by Gasteiger charge is 2.32. The van der Waals surface area contributed by atoms with Gasteiger partial charge in [0.1, 0.15) is 8.24 Å². The largest absolute Gasteiger partial charge is 0.491 e. The summed E-state index contributed by atoms with van der Waals surface area (Å²) in [6.07, 6.45) is 0. The van der Waals surface area contributed by atoms with E-state index in [2.05, 4.69) is 80.7 Å². The van der Waals surface area contributed by atoms with Crippen LogP contribution in [0.2, 0.25) is 31.2 Å². The molecule has 1 aromatic carbocycles. The fourth-order valence-electron chi connectivity index (χ4n) is 3.16.